The number of nitrogens with one attached hydrogen (secondary N) is 4. The topological polar surface area (TPSA) is 252 Å². The molecular formula is C31H42N10O8S2. The van der Waals surface area contributed by atoms with Crippen molar-refractivity contribution in [3.05, 3.63) is 47.5 Å². The van der Waals surface area contributed by atoms with Crippen molar-refractivity contribution in [2.24, 2.45) is 26.2 Å². The number of amidine groups is 2. The van der Waals surface area contributed by atoms with Gasteiger partial charge in [0, 0.05) is 26.2 Å². The molecule has 6 rings (SSSR count). The molecule has 0 radical (unpaired) electrons. The third-order valence-corrected chi connectivity index (χ3v) is 11.1. The molecule has 18 nitrogen and oxygen atoms in total. The Labute approximate surface area is 296 Å². The Balaban J connectivity index is 1.03. The molecule has 3 atom stereocenters. The molecule has 0 bridgehead atoms. The van der Waals surface area contributed by atoms with E-state index in [-0.39, 0.29) is 66.3 Å². The number of hydrogen-bond donors (Lipinski definition) is 6. The van der Waals surface area contributed by atoms with E-state index in [2.05, 4.69) is 28.9 Å². The first-order chi connectivity index (χ1) is 24.4. The molecule has 2 saturated heterocycles. The third-order valence-electron chi connectivity index (χ3n) is 9.26. The highest BCUT2D eigenvalue weighted by molar-refractivity contribution is 7.92. The first kappa shape index (κ1) is 35.8. The van der Waals surface area contributed by atoms with Crippen LogP contribution in [0.15, 0.2) is 45.2 Å². The van der Waals surface area contributed by atoms with E-state index in [9.17, 15) is 26.4 Å². The zero-order valence-corrected chi connectivity index (χ0v) is 29.6. The molecule has 2 fully saturated rings. The number of rotatable bonds is 11. The number of benzene rings is 2. The van der Waals surface area contributed by atoms with E-state index in [1.165, 1.54) is 0 Å². The zero-order chi connectivity index (χ0) is 36.3. The summed E-state index contributed by atoms with van der Waals surface area (Å²) in [6.45, 7) is 4.19. The fourth-order valence-electron chi connectivity index (χ4n) is 6.96. The molecule has 4 aliphatic rings. The molecule has 2 aromatic rings. The lowest BCUT2D eigenvalue weighted by molar-refractivity contribution is 0.147. The summed E-state index contributed by atoms with van der Waals surface area (Å²) in [6, 6.07) is 8.92. The van der Waals surface area contributed by atoms with Gasteiger partial charge in [-0.3, -0.25) is 9.44 Å². The van der Waals surface area contributed by atoms with Crippen LogP contribution in [-0.2, 0) is 20.4 Å². The van der Waals surface area contributed by atoms with Gasteiger partial charge >= 0.3 is 32.5 Å². The Hall–Kier alpha value is -4.98. The summed E-state index contributed by atoms with van der Waals surface area (Å²) in [7, 11) is -7.87. The number of ether oxygens (including phenoxy) is 2. The van der Waals surface area contributed by atoms with Crippen molar-refractivity contribution in [1.82, 2.24) is 20.4 Å². The highest BCUT2D eigenvalue weighted by atomic mass is 32.2. The Morgan fingerprint density at radius 1 is 0.843 bits per heavy atom. The highest BCUT2D eigenvalue weighted by Crippen LogP contribution is 2.34. The number of nitrogens with zero attached hydrogens (tertiary/aromatic N) is 4. The molecule has 8 N–H and O–H groups in total. The number of anilines is 2. The lowest BCUT2D eigenvalue weighted by Gasteiger charge is -2.29. The smallest absolute Gasteiger partial charge is 0.344 e. The van der Waals surface area contributed by atoms with Crippen LogP contribution >= 0.6 is 0 Å². The summed E-state index contributed by atoms with van der Waals surface area (Å²) in [5.41, 5.74) is 13.2. The van der Waals surface area contributed by atoms with Gasteiger partial charge in [-0.25, -0.2) is 9.59 Å². The third kappa shape index (κ3) is 8.01. The van der Waals surface area contributed by atoms with Crippen molar-refractivity contribution in [3.63, 3.8) is 0 Å². The van der Waals surface area contributed by atoms with E-state index >= 15 is 0 Å². The first-order valence-corrected chi connectivity index (χ1v) is 19.6. The number of amides is 4. The average Bonchev–Trinajstić information content (AvgIpc) is 3.70. The van der Waals surface area contributed by atoms with Crippen molar-refractivity contribution >= 4 is 55.5 Å². The van der Waals surface area contributed by atoms with Crippen molar-refractivity contribution in [3.8, 4) is 11.5 Å². The summed E-state index contributed by atoms with van der Waals surface area (Å²) in [5, 5.41) is 5.89. The van der Waals surface area contributed by atoms with E-state index < -0.39 is 20.4 Å². The number of carbonyl (C=O) groups excluding carboxylic acids is 2. The molecule has 0 saturated carbocycles. The lowest BCUT2D eigenvalue weighted by Crippen LogP contribution is -2.47. The Morgan fingerprint density at radius 3 is 2.04 bits per heavy atom. The van der Waals surface area contributed by atoms with Gasteiger partial charge in [0.2, 0.25) is 0 Å². The van der Waals surface area contributed by atoms with Crippen molar-refractivity contribution in [2.45, 2.75) is 51.1 Å². The van der Waals surface area contributed by atoms with E-state index in [0.29, 0.717) is 55.2 Å². The fraction of sp³-hybridized carbons (Fsp3) is 0.484. The van der Waals surface area contributed by atoms with E-state index in [1.54, 1.807) is 46.2 Å². The maximum atomic E-state index is 13.2. The zero-order valence-electron chi connectivity index (χ0n) is 28.0. The largest absolute Gasteiger partial charge is 0.491 e. The molecule has 51 heavy (non-hydrogen) atoms. The van der Waals surface area contributed by atoms with Gasteiger partial charge in [0.15, 0.2) is 11.7 Å². The molecule has 4 heterocycles. The van der Waals surface area contributed by atoms with Crippen LogP contribution in [-0.4, -0.2) is 102 Å². The van der Waals surface area contributed by atoms with Crippen LogP contribution in [0, 0.1) is 5.92 Å². The molecule has 0 spiro atoms. The van der Waals surface area contributed by atoms with Crippen molar-refractivity contribution < 1.29 is 35.9 Å². The fourth-order valence-corrected chi connectivity index (χ4v) is 8.65. The average molecular weight is 747 g/mol. The van der Waals surface area contributed by atoms with Crippen LogP contribution in [0.2, 0.25) is 0 Å². The van der Waals surface area contributed by atoms with Crippen LogP contribution in [0.5, 0.6) is 11.5 Å². The van der Waals surface area contributed by atoms with Crippen molar-refractivity contribution in [2.75, 3.05) is 48.8 Å². The minimum atomic E-state index is -3.95. The normalized spacial score (nSPS) is 22.7. The van der Waals surface area contributed by atoms with Gasteiger partial charge in [-0.05, 0) is 69.2 Å². The van der Waals surface area contributed by atoms with Gasteiger partial charge in [0.25, 0.3) is 0 Å². The molecule has 4 aliphatic heterocycles. The van der Waals surface area contributed by atoms with Crippen LogP contribution < -0.4 is 41.0 Å². The number of fused-ring (bicyclic) bond motifs is 2. The summed E-state index contributed by atoms with van der Waals surface area (Å²) < 4.78 is 71.9. The Morgan fingerprint density at radius 2 is 1.43 bits per heavy atom. The molecule has 20 heteroatoms. The summed E-state index contributed by atoms with van der Waals surface area (Å²) >= 11 is 0. The minimum absolute atomic E-state index is 0.0822. The van der Waals surface area contributed by atoms with E-state index in [4.69, 9.17) is 20.9 Å². The summed E-state index contributed by atoms with van der Waals surface area (Å²) in [4.78, 5) is 29.7. The van der Waals surface area contributed by atoms with E-state index in [1.807, 2.05) is 6.92 Å². The van der Waals surface area contributed by atoms with Gasteiger partial charge in [-0.2, -0.15) is 16.8 Å². The molecule has 1 unspecified atom stereocenters. The van der Waals surface area contributed by atoms with Gasteiger partial charge in [-0.1, -0.05) is 12.1 Å². The van der Waals surface area contributed by atoms with E-state index in [0.717, 1.165) is 25.7 Å². The molecule has 276 valence electrons. The van der Waals surface area contributed by atoms with Gasteiger partial charge < -0.3 is 41.4 Å². The summed E-state index contributed by atoms with van der Waals surface area (Å²) in [6.07, 6.45) is 3.69. The second kappa shape index (κ2) is 14.7. The molecule has 2 aromatic carbocycles. The second-order valence-corrected chi connectivity index (χ2v) is 15.3. The van der Waals surface area contributed by atoms with Crippen molar-refractivity contribution in [1.29, 1.82) is 0 Å². The van der Waals surface area contributed by atoms with Gasteiger partial charge in [0.05, 0.1) is 34.6 Å². The maximum absolute atomic E-state index is 13.2. The van der Waals surface area contributed by atoms with Crippen LogP contribution in [0.25, 0.3) is 0 Å². The highest BCUT2D eigenvalue weighted by Gasteiger charge is 2.38. The number of likely N-dealkylation sites (tertiary alicyclic amines) is 2. The molecule has 4 amide bonds. The number of nitrogens with two attached hydrogens (primary N) is 2. The number of urea groups is 2. The van der Waals surface area contributed by atoms with Gasteiger partial charge in [-0.15, -0.1) is 8.80 Å². The predicted molar refractivity (Wildman–Crippen MR) is 190 cm³/mol. The molecule has 0 aliphatic carbocycles. The quantitative estimate of drug-likeness (QED) is 0.180. The Bertz CT molecular complexity index is 1960. The first-order valence-electron chi connectivity index (χ1n) is 16.7. The Kier molecular flexibility index (Phi) is 10.3. The number of carbonyl (C=O) groups is 2. The standard InChI is InChI=1S/C31H42N10O8S2/c1-2-34-30(42)41-16-13-19(23(41)18-49-25-12-4-10-22-27(25)29(33)39-51(46,47)37-22)7-5-14-35-31(43)40-15-6-8-20(40)17-48-24-11-3-9-21-26(24)28(32)38-50(44,45)36-21/h3-4,9-12,19-20,23,36-37H,2,5-8,13-18H2,1H3,(H2,32,38)(H2,33,39)(H,34,42)(H,35,43)/t19?,20-,23+/m0/s1. The predicted octanol–water partition coefficient (Wildman–Crippen LogP) is 1.27. The van der Waals surface area contributed by atoms with Crippen LogP contribution in [0.3, 0.4) is 0 Å². The lowest BCUT2D eigenvalue weighted by atomic mass is 9.95. The van der Waals surface area contributed by atoms with Gasteiger partial charge in [0.1, 0.15) is 24.7 Å². The summed E-state index contributed by atoms with van der Waals surface area (Å²) in [5.74, 6) is 0.451. The molecular weight excluding hydrogens is 705 g/mol. The maximum Gasteiger partial charge on any atom is 0.344 e. The minimum Gasteiger partial charge on any atom is -0.491 e. The molecule has 0 aromatic heterocycles. The monoisotopic (exact) mass is 746 g/mol. The SMILES string of the molecule is CCNC(=O)N1CCC(CCCNC(=O)N2CCC[C@H]2COc2cccc3c2C(N)=NS(=O)(=O)N3)[C@H]1COc1cccc2c1C(N)=NS(=O)(=O)N2. The van der Waals surface area contributed by atoms with Crippen LogP contribution in [0.4, 0.5) is 21.0 Å². The number of hydrogen-bond acceptors (Lipinski definition) is 10. The second-order valence-electron chi connectivity index (χ2n) is 12.6. The van der Waals surface area contributed by atoms with Crippen LogP contribution in [0.1, 0.15) is 50.2 Å².